The molecule has 2 aromatic heterocycles. The molecular weight excluding hydrogens is 262 g/mol. The van der Waals surface area contributed by atoms with Crippen molar-refractivity contribution in [3.05, 3.63) is 42.5 Å². The van der Waals surface area contributed by atoms with Gasteiger partial charge in [-0.25, -0.2) is 9.97 Å². The normalized spacial score (nSPS) is 19.4. The molecule has 1 N–H and O–H groups in total. The lowest BCUT2D eigenvalue weighted by Crippen LogP contribution is -2.34. The van der Waals surface area contributed by atoms with Gasteiger partial charge in [-0.3, -0.25) is 4.98 Å². The summed E-state index contributed by atoms with van der Waals surface area (Å²) in [5.41, 5.74) is 1.10. The lowest BCUT2D eigenvalue weighted by molar-refractivity contribution is 0.216. The lowest BCUT2D eigenvalue weighted by atomic mass is 9.95. The number of piperidine rings is 1. The van der Waals surface area contributed by atoms with Gasteiger partial charge in [0.1, 0.15) is 11.6 Å². The molecule has 21 heavy (non-hydrogen) atoms. The third-order valence-electron chi connectivity index (χ3n) is 3.96. The third-order valence-corrected chi connectivity index (χ3v) is 3.96. The number of rotatable bonds is 4. The summed E-state index contributed by atoms with van der Waals surface area (Å²) in [6, 6.07) is 5.75. The van der Waals surface area contributed by atoms with Crippen LogP contribution in [0, 0.1) is 0 Å². The Morgan fingerprint density at radius 2 is 2.14 bits per heavy atom. The summed E-state index contributed by atoms with van der Waals surface area (Å²) in [7, 11) is 0. The van der Waals surface area contributed by atoms with Crippen LogP contribution in [-0.2, 0) is 0 Å². The monoisotopic (exact) mass is 283 g/mol. The van der Waals surface area contributed by atoms with Crippen LogP contribution in [0.25, 0.3) is 0 Å². The summed E-state index contributed by atoms with van der Waals surface area (Å²) in [4.78, 5) is 15.8. The average Bonchev–Trinajstić information content (AvgIpc) is 2.56. The molecule has 110 valence electrons. The predicted octanol–water partition coefficient (Wildman–Crippen LogP) is 2.81. The minimum Gasteiger partial charge on any atom is -0.324 e. The molecule has 5 nitrogen and oxygen atoms in total. The Morgan fingerprint density at radius 3 is 2.86 bits per heavy atom. The SMILES string of the molecule is CCN1CCCC(c2cnc(Nc3ccccn3)cn2)C1. The van der Waals surface area contributed by atoms with E-state index in [2.05, 4.69) is 32.1 Å². The highest BCUT2D eigenvalue weighted by atomic mass is 15.1. The van der Waals surface area contributed by atoms with Gasteiger partial charge in [0.2, 0.25) is 0 Å². The summed E-state index contributed by atoms with van der Waals surface area (Å²) < 4.78 is 0. The van der Waals surface area contributed by atoms with Crippen molar-refractivity contribution in [1.82, 2.24) is 19.9 Å². The molecule has 2 aromatic rings. The van der Waals surface area contributed by atoms with E-state index in [1.54, 1.807) is 12.4 Å². The molecule has 1 fully saturated rings. The van der Waals surface area contributed by atoms with Crippen molar-refractivity contribution in [2.45, 2.75) is 25.7 Å². The van der Waals surface area contributed by atoms with E-state index in [0.29, 0.717) is 5.92 Å². The fourth-order valence-electron chi connectivity index (χ4n) is 2.77. The van der Waals surface area contributed by atoms with Gasteiger partial charge in [0.25, 0.3) is 0 Å². The number of likely N-dealkylation sites (tertiary alicyclic amines) is 1. The van der Waals surface area contributed by atoms with E-state index in [0.717, 1.165) is 30.4 Å². The maximum absolute atomic E-state index is 4.59. The molecule has 0 spiro atoms. The van der Waals surface area contributed by atoms with Crippen LogP contribution in [0.3, 0.4) is 0 Å². The van der Waals surface area contributed by atoms with Crippen LogP contribution in [0.5, 0.6) is 0 Å². The zero-order chi connectivity index (χ0) is 14.5. The first-order valence-corrected chi connectivity index (χ1v) is 7.57. The predicted molar refractivity (Wildman–Crippen MR) is 83.6 cm³/mol. The van der Waals surface area contributed by atoms with Gasteiger partial charge in [-0.15, -0.1) is 0 Å². The number of hydrogen-bond donors (Lipinski definition) is 1. The van der Waals surface area contributed by atoms with Gasteiger partial charge >= 0.3 is 0 Å². The summed E-state index contributed by atoms with van der Waals surface area (Å²) in [5.74, 6) is 2.03. The largest absolute Gasteiger partial charge is 0.324 e. The van der Waals surface area contributed by atoms with Crippen molar-refractivity contribution in [3.63, 3.8) is 0 Å². The van der Waals surface area contributed by atoms with E-state index in [-0.39, 0.29) is 0 Å². The molecular formula is C16H21N5. The summed E-state index contributed by atoms with van der Waals surface area (Å²) in [6.07, 6.45) is 7.90. The van der Waals surface area contributed by atoms with Gasteiger partial charge in [0.05, 0.1) is 18.1 Å². The molecule has 0 bridgehead atoms. The minimum absolute atomic E-state index is 0.509. The van der Waals surface area contributed by atoms with Crippen LogP contribution >= 0.6 is 0 Å². The number of nitrogens with one attached hydrogen (secondary N) is 1. The molecule has 1 atom stereocenters. The van der Waals surface area contributed by atoms with Crippen molar-refractivity contribution in [2.75, 3.05) is 25.0 Å². The average molecular weight is 283 g/mol. The van der Waals surface area contributed by atoms with E-state index in [9.17, 15) is 0 Å². The number of nitrogens with zero attached hydrogens (tertiary/aromatic N) is 4. The second kappa shape index (κ2) is 6.63. The van der Waals surface area contributed by atoms with Crippen molar-refractivity contribution in [1.29, 1.82) is 0 Å². The molecule has 0 aliphatic carbocycles. The first-order chi connectivity index (χ1) is 10.3. The smallest absolute Gasteiger partial charge is 0.150 e. The third kappa shape index (κ3) is 3.55. The first kappa shape index (κ1) is 13.9. The number of likely N-dealkylation sites (N-methyl/N-ethyl adjacent to an activating group) is 1. The van der Waals surface area contributed by atoms with E-state index >= 15 is 0 Å². The van der Waals surface area contributed by atoms with Gasteiger partial charge in [-0.1, -0.05) is 13.0 Å². The molecule has 5 heteroatoms. The molecule has 3 rings (SSSR count). The van der Waals surface area contributed by atoms with E-state index in [4.69, 9.17) is 0 Å². The van der Waals surface area contributed by atoms with Gasteiger partial charge in [-0.2, -0.15) is 0 Å². The molecule has 0 radical (unpaired) electrons. The Labute approximate surface area is 125 Å². The summed E-state index contributed by atoms with van der Waals surface area (Å²) in [5, 5.41) is 3.16. The van der Waals surface area contributed by atoms with Crippen LogP contribution in [-0.4, -0.2) is 39.5 Å². The van der Waals surface area contributed by atoms with E-state index in [1.165, 1.54) is 19.4 Å². The van der Waals surface area contributed by atoms with Gasteiger partial charge in [0, 0.05) is 18.7 Å². The maximum Gasteiger partial charge on any atom is 0.150 e. The Kier molecular flexibility index (Phi) is 4.40. The molecule has 1 unspecified atom stereocenters. The highest BCUT2D eigenvalue weighted by Crippen LogP contribution is 2.25. The maximum atomic E-state index is 4.59. The van der Waals surface area contributed by atoms with E-state index < -0.39 is 0 Å². The van der Waals surface area contributed by atoms with Crippen LogP contribution < -0.4 is 5.32 Å². The standard InChI is InChI=1S/C16H21N5/c1-2-21-9-5-6-13(12-21)14-10-19-16(11-18-14)20-15-7-3-4-8-17-15/h3-4,7-8,10-11,13H,2,5-6,9,12H2,1H3,(H,17,19,20). The molecule has 0 aromatic carbocycles. The Morgan fingerprint density at radius 1 is 1.19 bits per heavy atom. The van der Waals surface area contributed by atoms with Crippen molar-refractivity contribution in [3.8, 4) is 0 Å². The molecule has 3 heterocycles. The van der Waals surface area contributed by atoms with Gasteiger partial charge in [0.15, 0.2) is 0 Å². The van der Waals surface area contributed by atoms with Gasteiger partial charge in [-0.05, 0) is 38.1 Å². The summed E-state index contributed by atoms with van der Waals surface area (Å²) >= 11 is 0. The Bertz CT molecular complexity index is 555. The molecule has 1 aliphatic rings. The van der Waals surface area contributed by atoms with Crippen molar-refractivity contribution >= 4 is 11.6 Å². The highest BCUT2D eigenvalue weighted by Gasteiger charge is 2.21. The molecule has 0 saturated carbocycles. The lowest BCUT2D eigenvalue weighted by Gasteiger charge is -2.31. The number of aromatic nitrogens is 3. The number of anilines is 2. The minimum atomic E-state index is 0.509. The topological polar surface area (TPSA) is 53.9 Å². The molecule has 1 saturated heterocycles. The fourth-order valence-corrected chi connectivity index (χ4v) is 2.77. The quantitative estimate of drug-likeness (QED) is 0.935. The van der Waals surface area contributed by atoms with Gasteiger partial charge < -0.3 is 10.2 Å². The molecule has 1 aliphatic heterocycles. The number of pyridine rings is 1. The van der Waals surface area contributed by atoms with Crippen molar-refractivity contribution in [2.24, 2.45) is 0 Å². The molecule has 0 amide bonds. The van der Waals surface area contributed by atoms with Crippen molar-refractivity contribution < 1.29 is 0 Å². The van der Waals surface area contributed by atoms with Crippen LogP contribution in [0.15, 0.2) is 36.8 Å². The fraction of sp³-hybridized carbons (Fsp3) is 0.438. The summed E-state index contributed by atoms with van der Waals surface area (Å²) in [6.45, 7) is 5.63. The van der Waals surface area contributed by atoms with Crippen LogP contribution in [0.2, 0.25) is 0 Å². The Hall–Kier alpha value is -2.01. The zero-order valence-electron chi connectivity index (χ0n) is 12.4. The van der Waals surface area contributed by atoms with Crippen LogP contribution in [0.4, 0.5) is 11.6 Å². The number of hydrogen-bond acceptors (Lipinski definition) is 5. The first-order valence-electron chi connectivity index (χ1n) is 7.57. The highest BCUT2D eigenvalue weighted by molar-refractivity contribution is 5.49. The second-order valence-electron chi connectivity index (χ2n) is 5.40. The Balaban J connectivity index is 1.66. The zero-order valence-corrected chi connectivity index (χ0v) is 12.4. The van der Waals surface area contributed by atoms with E-state index in [1.807, 2.05) is 24.4 Å². The van der Waals surface area contributed by atoms with Crippen LogP contribution in [0.1, 0.15) is 31.4 Å². The second-order valence-corrected chi connectivity index (χ2v) is 5.40.